The SMILES string of the molecule is COc1ccc(C[C@@H]2CCC(=O)N2Cc2ccc(Cl)c(NC(C)C)c2)cc1OC. The fourth-order valence-corrected chi connectivity index (χ4v) is 3.96. The molecule has 156 valence electrons. The number of nitrogens with one attached hydrogen (secondary N) is 1. The van der Waals surface area contributed by atoms with E-state index in [1.807, 2.05) is 41.3 Å². The Morgan fingerprint density at radius 1 is 1.10 bits per heavy atom. The first-order chi connectivity index (χ1) is 13.9. The number of carbonyl (C=O) groups is 1. The zero-order valence-electron chi connectivity index (χ0n) is 17.5. The Bertz CT molecular complexity index is 869. The molecule has 1 aliphatic rings. The molecule has 2 aromatic rings. The number of likely N-dealkylation sites (tertiary alicyclic amines) is 1. The second kappa shape index (κ2) is 9.40. The standard InChI is InChI=1S/C23H29ClN2O3/c1-15(2)25-20-12-17(5-8-19(20)24)14-26-18(7-10-23(26)27)11-16-6-9-21(28-3)22(13-16)29-4/h5-6,8-9,12-13,15,18,25H,7,10-11,14H2,1-4H3/t18-/m0/s1. The maximum atomic E-state index is 12.6. The second-order valence-corrected chi connectivity index (χ2v) is 8.13. The van der Waals surface area contributed by atoms with Crippen molar-refractivity contribution in [3.8, 4) is 11.5 Å². The summed E-state index contributed by atoms with van der Waals surface area (Å²) in [5.41, 5.74) is 3.11. The van der Waals surface area contributed by atoms with Gasteiger partial charge in [-0.3, -0.25) is 4.79 Å². The molecule has 0 aromatic heterocycles. The van der Waals surface area contributed by atoms with Crippen molar-refractivity contribution < 1.29 is 14.3 Å². The Morgan fingerprint density at radius 3 is 2.52 bits per heavy atom. The van der Waals surface area contributed by atoms with Crippen LogP contribution in [0.5, 0.6) is 11.5 Å². The molecule has 1 fully saturated rings. The fraction of sp³-hybridized carbons (Fsp3) is 0.435. The van der Waals surface area contributed by atoms with Crippen LogP contribution in [0.15, 0.2) is 36.4 Å². The van der Waals surface area contributed by atoms with Gasteiger partial charge in [-0.2, -0.15) is 0 Å². The number of anilines is 1. The Labute approximate surface area is 177 Å². The lowest BCUT2D eigenvalue weighted by Crippen LogP contribution is -2.34. The van der Waals surface area contributed by atoms with E-state index in [9.17, 15) is 4.79 Å². The van der Waals surface area contributed by atoms with Crippen molar-refractivity contribution in [3.63, 3.8) is 0 Å². The molecule has 0 unspecified atom stereocenters. The van der Waals surface area contributed by atoms with Gasteiger partial charge < -0.3 is 19.7 Å². The number of hydrogen-bond donors (Lipinski definition) is 1. The van der Waals surface area contributed by atoms with Crippen LogP contribution >= 0.6 is 11.6 Å². The van der Waals surface area contributed by atoms with Crippen LogP contribution < -0.4 is 14.8 Å². The summed E-state index contributed by atoms with van der Waals surface area (Å²) in [6.07, 6.45) is 2.23. The monoisotopic (exact) mass is 416 g/mol. The van der Waals surface area contributed by atoms with Gasteiger partial charge in [-0.05, 0) is 62.1 Å². The second-order valence-electron chi connectivity index (χ2n) is 7.72. The number of ether oxygens (including phenoxy) is 2. The molecule has 1 atom stereocenters. The van der Waals surface area contributed by atoms with Crippen LogP contribution in [0.25, 0.3) is 0 Å². The summed E-state index contributed by atoms with van der Waals surface area (Å²) in [7, 11) is 3.26. The number of nitrogens with zero attached hydrogens (tertiary/aromatic N) is 1. The van der Waals surface area contributed by atoms with Gasteiger partial charge in [-0.25, -0.2) is 0 Å². The van der Waals surface area contributed by atoms with Gasteiger partial charge >= 0.3 is 0 Å². The lowest BCUT2D eigenvalue weighted by molar-refractivity contribution is -0.129. The number of amides is 1. The molecule has 0 saturated carbocycles. The van der Waals surface area contributed by atoms with E-state index in [4.69, 9.17) is 21.1 Å². The highest BCUT2D eigenvalue weighted by Gasteiger charge is 2.31. The molecule has 1 aliphatic heterocycles. The molecule has 2 aromatic carbocycles. The maximum Gasteiger partial charge on any atom is 0.223 e. The van der Waals surface area contributed by atoms with Gasteiger partial charge in [0.2, 0.25) is 5.91 Å². The van der Waals surface area contributed by atoms with Gasteiger partial charge in [0.05, 0.1) is 24.9 Å². The summed E-state index contributed by atoms with van der Waals surface area (Å²) in [5.74, 6) is 1.62. The largest absolute Gasteiger partial charge is 0.493 e. The van der Waals surface area contributed by atoms with Crippen LogP contribution in [0.3, 0.4) is 0 Å². The maximum absolute atomic E-state index is 12.6. The average Bonchev–Trinajstić information content (AvgIpc) is 3.03. The summed E-state index contributed by atoms with van der Waals surface area (Å²) < 4.78 is 10.7. The number of halogens is 1. The smallest absolute Gasteiger partial charge is 0.223 e. The first-order valence-corrected chi connectivity index (χ1v) is 10.3. The summed E-state index contributed by atoms with van der Waals surface area (Å²) in [6, 6.07) is 12.3. The Kier molecular flexibility index (Phi) is 6.91. The molecular weight excluding hydrogens is 388 g/mol. The summed E-state index contributed by atoms with van der Waals surface area (Å²) >= 11 is 6.31. The van der Waals surface area contributed by atoms with Gasteiger partial charge in [0.1, 0.15) is 0 Å². The highest BCUT2D eigenvalue weighted by Crippen LogP contribution is 2.31. The van der Waals surface area contributed by atoms with Crippen LogP contribution in [0.2, 0.25) is 5.02 Å². The minimum absolute atomic E-state index is 0.165. The van der Waals surface area contributed by atoms with Crippen molar-refractivity contribution in [2.45, 2.75) is 51.7 Å². The van der Waals surface area contributed by atoms with Gasteiger partial charge in [0.15, 0.2) is 11.5 Å². The topological polar surface area (TPSA) is 50.8 Å². The summed E-state index contributed by atoms with van der Waals surface area (Å²) in [6.45, 7) is 4.74. The highest BCUT2D eigenvalue weighted by atomic mass is 35.5. The molecule has 5 nitrogen and oxygen atoms in total. The zero-order chi connectivity index (χ0) is 21.0. The van der Waals surface area contributed by atoms with Crippen molar-refractivity contribution in [2.75, 3.05) is 19.5 Å². The number of rotatable bonds is 8. The molecule has 6 heteroatoms. The summed E-state index contributed by atoms with van der Waals surface area (Å²) in [5, 5.41) is 4.05. The fourth-order valence-electron chi connectivity index (χ4n) is 3.79. The third-order valence-electron chi connectivity index (χ3n) is 5.20. The van der Waals surface area contributed by atoms with Crippen molar-refractivity contribution in [2.24, 2.45) is 0 Å². The normalized spacial score (nSPS) is 16.4. The molecule has 1 heterocycles. The number of methoxy groups -OCH3 is 2. The minimum Gasteiger partial charge on any atom is -0.493 e. The molecular formula is C23H29ClN2O3. The van der Waals surface area contributed by atoms with E-state index in [-0.39, 0.29) is 18.0 Å². The molecule has 1 saturated heterocycles. The molecule has 1 amide bonds. The predicted molar refractivity (Wildman–Crippen MR) is 117 cm³/mol. The zero-order valence-corrected chi connectivity index (χ0v) is 18.3. The highest BCUT2D eigenvalue weighted by molar-refractivity contribution is 6.33. The van der Waals surface area contributed by atoms with Crippen molar-refractivity contribution in [1.82, 2.24) is 4.90 Å². The van der Waals surface area contributed by atoms with E-state index in [1.54, 1.807) is 14.2 Å². The molecule has 1 N–H and O–H groups in total. The van der Waals surface area contributed by atoms with E-state index in [2.05, 4.69) is 19.2 Å². The Morgan fingerprint density at radius 2 is 1.83 bits per heavy atom. The van der Waals surface area contributed by atoms with Crippen molar-refractivity contribution >= 4 is 23.2 Å². The average molecular weight is 417 g/mol. The molecule has 29 heavy (non-hydrogen) atoms. The molecule has 0 aliphatic carbocycles. The minimum atomic E-state index is 0.165. The first-order valence-electron chi connectivity index (χ1n) is 9.96. The molecule has 0 radical (unpaired) electrons. The third-order valence-corrected chi connectivity index (χ3v) is 5.53. The molecule has 0 spiro atoms. The molecule has 3 rings (SSSR count). The van der Waals surface area contributed by atoms with Gasteiger partial charge in [-0.1, -0.05) is 23.7 Å². The van der Waals surface area contributed by atoms with Crippen LogP contribution in [0.1, 0.15) is 37.8 Å². The van der Waals surface area contributed by atoms with Crippen molar-refractivity contribution in [1.29, 1.82) is 0 Å². The van der Waals surface area contributed by atoms with Crippen molar-refractivity contribution in [3.05, 3.63) is 52.5 Å². The number of hydrogen-bond acceptors (Lipinski definition) is 4. The van der Waals surface area contributed by atoms with Crippen LogP contribution in [0.4, 0.5) is 5.69 Å². The van der Waals surface area contributed by atoms with Gasteiger partial charge in [0.25, 0.3) is 0 Å². The van der Waals surface area contributed by atoms with E-state index in [1.165, 1.54) is 0 Å². The number of benzene rings is 2. The lowest BCUT2D eigenvalue weighted by Gasteiger charge is -2.26. The van der Waals surface area contributed by atoms with E-state index in [0.717, 1.165) is 29.7 Å². The first kappa shape index (κ1) is 21.3. The lowest BCUT2D eigenvalue weighted by atomic mass is 10.0. The van der Waals surface area contributed by atoms with E-state index >= 15 is 0 Å². The molecule has 0 bridgehead atoms. The third kappa shape index (κ3) is 5.15. The number of carbonyl (C=O) groups excluding carboxylic acids is 1. The van der Waals surface area contributed by atoms with Crippen LogP contribution in [-0.2, 0) is 17.8 Å². The van der Waals surface area contributed by atoms with Gasteiger partial charge in [-0.15, -0.1) is 0 Å². The quantitative estimate of drug-likeness (QED) is 0.664. The van der Waals surface area contributed by atoms with Crippen LogP contribution in [0, 0.1) is 0 Å². The van der Waals surface area contributed by atoms with Gasteiger partial charge in [0, 0.05) is 25.0 Å². The van der Waals surface area contributed by atoms with E-state index < -0.39 is 0 Å². The Hall–Kier alpha value is -2.40. The Balaban J connectivity index is 1.76. The van der Waals surface area contributed by atoms with E-state index in [0.29, 0.717) is 29.5 Å². The summed E-state index contributed by atoms with van der Waals surface area (Å²) in [4.78, 5) is 14.6. The van der Waals surface area contributed by atoms with Crippen LogP contribution in [-0.4, -0.2) is 37.1 Å². The predicted octanol–water partition coefficient (Wildman–Crippen LogP) is 4.91.